The molecule has 3 nitrogen and oxygen atoms in total. The summed E-state index contributed by atoms with van der Waals surface area (Å²) in [7, 11) is 0. The number of nitrogens with one attached hydrogen (secondary N) is 1. The molecule has 24 heavy (non-hydrogen) atoms. The second kappa shape index (κ2) is 7.66. The lowest BCUT2D eigenvalue weighted by molar-refractivity contribution is 0.248. The number of para-hydroxylation sites is 2. The fourth-order valence-electron chi connectivity index (χ4n) is 2.40. The van der Waals surface area contributed by atoms with Crippen molar-refractivity contribution < 1.29 is 4.79 Å². The van der Waals surface area contributed by atoms with Gasteiger partial charge in [0.1, 0.15) is 0 Å². The van der Waals surface area contributed by atoms with E-state index < -0.39 is 0 Å². The molecule has 0 atom stereocenters. The van der Waals surface area contributed by atoms with Crippen LogP contribution in [0.2, 0.25) is 5.02 Å². The summed E-state index contributed by atoms with van der Waals surface area (Å²) < 4.78 is 0. The van der Waals surface area contributed by atoms with E-state index >= 15 is 0 Å². The first kappa shape index (κ1) is 16.1. The minimum Gasteiger partial charge on any atom is -0.333 e. The zero-order valence-corrected chi connectivity index (χ0v) is 13.8. The van der Waals surface area contributed by atoms with Crippen molar-refractivity contribution in [2.24, 2.45) is 0 Å². The number of hydrogen-bond donors (Lipinski definition) is 1. The number of urea groups is 1. The molecule has 0 aliphatic rings. The molecule has 0 bridgehead atoms. The standard InChI is InChI=1S/C20H17ClN2O/c21-17-13-11-16(12-14-17)15-22-20(24)23(18-7-3-1-4-8-18)19-9-5-2-6-10-19/h1-14H,15H2,(H,22,24). The lowest BCUT2D eigenvalue weighted by Gasteiger charge is -2.23. The Labute approximate surface area is 146 Å². The molecule has 2 amide bonds. The van der Waals surface area contributed by atoms with Crippen LogP contribution in [-0.2, 0) is 6.54 Å². The zero-order valence-electron chi connectivity index (χ0n) is 13.0. The van der Waals surface area contributed by atoms with E-state index in [1.165, 1.54) is 0 Å². The van der Waals surface area contributed by atoms with Crippen molar-refractivity contribution in [2.75, 3.05) is 4.90 Å². The van der Waals surface area contributed by atoms with Crippen molar-refractivity contribution in [2.45, 2.75) is 6.54 Å². The Hall–Kier alpha value is -2.78. The molecule has 3 aromatic carbocycles. The van der Waals surface area contributed by atoms with E-state index in [-0.39, 0.29) is 6.03 Å². The van der Waals surface area contributed by atoms with Gasteiger partial charge in [0.25, 0.3) is 0 Å². The van der Waals surface area contributed by atoms with Gasteiger partial charge in [-0.1, -0.05) is 60.1 Å². The number of amides is 2. The summed E-state index contributed by atoms with van der Waals surface area (Å²) in [5, 5.41) is 3.64. The van der Waals surface area contributed by atoms with Gasteiger partial charge in [-0.3, -0.25) is 4.90 Å². The zero-order chi connectivity index (χ0) is 16.8. The molecular formula is C20H17ClN2O. The summed E-state index contributed by atoms with van der Waals surface area (Å²) in [6.45, 7) is 0.437. The first-order chi connectivity index (χ1) is 11.7. The maximum absolute atomic E-state index is 12.8. The van der Waals surface area contributed by atoms with Crippen LogP contribution >= 0.6 is 11.6 Å². The van der Waals surface area contributed by atoms with Crippen molar-refractivity contribution in [3.05, 3.63) is 95.5 Å². The van der Waals surface area contributed by atoms with Crippen molar-refractivity contribution in [3.63, 3.8) is 0 Å². The van der Waals surface area contributed by atoms with E-state index in [4.69, 9.17) is 11.6 Å². The molecule has 0 aliphatic heterocycles. The molecule has 120 valence electrons. The van der Waals surface area contributed by atoms with E-state index in [2.05, 4.69) is 5.32 Å². The second-order valence-electron chi connectivity index (χ2n) is 5.29. The summed E-state index contributed by atoms with van der Waals surface area (Å²) >= 11 is 5.89. The van der Waals surface area contributed by atoms with Crippen LogP contribution in [0.5, 0.6) is 0 Å². The smallest absolute Gasteiger partial charge is 0.326 e. The fraction of sp³-hybridized carbons (Fsp3) is 0.0500. The van der Waals surface area contributed by atoms with Gasteiger partial charge in [0.15, 0.2) is 0 Å². The van der Waals surface area contributed by atoms with Crippen LogP contribution in [-0.4, -0.2) is 6.03 Å². The predicted molar refractivity (Wildman–Crippen MR) is 98.7 cm³/mol. The molecule has 3 rings (SSSR count). The van der Waals surface area contributed by atoms with Crippen LogP contribution in [0.25, 0.3) is 0 Å². The normalized spacial score (nSPS) is 10.2. The average molecular weight is 337 g/mol. The molecule has 4 heteroatoms. The number of rotatable bonds is 4. The van der Waals surface area contributed by atoms with Crippen LogP contribution in [0.4, 0.5) is 16.2 Å². The molecule has 1 N–H and O–H groups in total. The Balaban J connectivity index is 1.80. The maximum atomic E-state index is 12.8. The highest BCUT2D eigenvalue weighted by Gasteiger charge is 2.17. The summed E-state index contributed by atoms with van der Waals surface area (Å²) in [5.41, 5.74) is 2.63. The van der Waals surface area contributed by atoms with Crippen molar-refractivity contribution in [3.8, 4) is 0 Å². The van der Waals surface area contributed by atoms with E-state index in [1.54, 1.807) is 4.90 Å². The quantitative estimate of drug-likeness (QED) is 0.680. The van der Waals surface area contributed by atoms with Crippen molar-refractivity contribution in [1.82, 2.24) is 5.32 Å². The molecule has 0 saturated carbocycles. The largest absolute Gasteiger partial charge is 0.333 e. The molecule has 0 saturated heterocycles. The minimum absolute atomic E-state index is 0.178. The van der Waals surface area contributed by atoms with Crippen LogP contribution < -0.4 is 10.2 Å². The van der Waals surface area contributed by atoms with Gasteiger partial charge in [0.2, 0.25) is 0 Å². The van der Waals surface area contributed by atoms with Crippen LogP contribution in [0, 0.1) is 0 Å². The highest BCUT2D eigenvalue weighted by Crippen LogP contribution is 2.25. The SMILES string of the molecule is O=C(NCc1ccc(Cl)cc1)N(c1ccccc1)c1ccccc1. The number of anilines is 2. The minimum atomic E-state index is -0.178. The van der Waals surface area contributed by atoms with Gasteiger partial charge >= 0.3 is 6.03 Å². The Kier molecular flexibility index (Phi) is 5.14. The van der Waals surface area contributed by atoms with E-state index in [9.17, 15) is 4.79 Å². The number of carbonyl (C=O) groups is 1. The first-order valence-electron chi connectivity index (χ1n) is 7.66. The third kappa shape index (κ3) is 3.94. The summed E-state index contributed by atoms with van der Waals surface area (Å²) in [5.74, 6) is 0. The lowest BCUT2D eigenvalue weighted by Crippen LogP contribution is -2.36. The van der Waals surface area contributed by atoms with Gasteiger partial charge in [-0.2, -0.15) is 0 Å². The first-order valence-corrected chi connectivity index (χ1v) is 8.04. The number of benzene rings is 3. The molecule has 0 radical (unpaired) electrons. The molecular weight excluding hydrogens is 320 g/mol. The van der Waals surface area contributed by atoms with Gasteiger partial charge in [-0.15, -0.1) is 0 Å². The number of nitrogens with zero attached hydrogens (tertiary/aromatic N) is 1. The van der Waals surface area contributed by atoms with E-state index in [0.717, 1.165) is 16.9 Å². The van der Waals surface area contributed by atoms with Gasteiger partial charge in [0.05, 0.1) is 11.4 Å². The van der Waals surface area contributed by atoms with Crippen molar-refractivity contribution >= 4 is 29.0 Å². The highest BCUT2D eigenvalue weighted by molar-refractivity contribution is 6.30. The second-order valence-corrected chi connectivity index (χ2v) is 5.73. The Morgan fingerprint density at radius 1 is 0.792 bits per heavy atom. The average Bonchev–Trinajstić information content (AvgIpc) is 2.63. The Bertz CT molecular complexity index is 749. The highest BCUT2D eigenvalue weighted by atomic mass is 35.5. The molecule has 0 unspecified atom stereocenters. The third-order valence-electron chi connectivity index (χ3n) is 3.59. The topological polar surface area (TPSA) is 32.3 Å². The Morgan fingerprint density at radius 2 is 1.29 bits per heavy atom. The maximum Gasteiger partial charge on any atom is 0.326 e. The van der Waals surface area contributed by atoms with Gasteiger partial charge in [0, 0.05) is 11.6 Å². The van der Waals surface area contributed by atoms with Crippen LogP contribution in [0.3, 0.4) is 0 Å². The van der Waals surface area contributed by atoms with Gasteiger partial charge in [-0.25, -0.2) is 4.79 Å². The van der Waals surface area contributed by atoms with Crippen LogP contribution in [0.15, 0.2) is 84.9 Å². The van der Waals surface area contributed by atoms with Gasteiger partial charge < -0.3 is 5.32 Å². The molecule has 3 aromatic rings. The summed E-state index contributed by atoms with van der Waals surface area (Å²) in [4.78, 5) is 14.4. The fourth-order valence-corrected chi connectivity index (χ4v) is 2.52. The van der Waals surface area contributed by atoms with Gasteiger partial charge in [-0.05, 0) is 42.0 Å². The number of hydrogen-bond acceptors (Lipinski definition) is 1. The Morgan fingerprint density at radius 3 is 1.79 bits per heavy atom. The lowest BCUT2D eigenvalue weighted by atomic mass is 10.2. The molecule has 0 heterocycles. The predicted octanol–water partition coefficient (Wildman–Crippen LogP) is 5.39. The van der Waals surface area contributed by atoms with Crippen LogP contribution in [0.1, 0.15) is 5.56 Å². The molecule has 0 spiro atoms. The summed E-state index contributed by atoms with van der Waals surface area (Å²) in [6.07, 6.45) is 0. The molecule has 0 aromatic heterocycles. The molecule has 0 fully saturated rings. The number of halogens is 1. The van der Waals surface area contributed by atoms with E-state index in [0.29, 0.717) is 11.6 Å². The van der Waals surface area contributed by atoms with Crippen molar-refractivity contribution in [1.29, 1.82) is 0 Å². The monoisotopic (exact) mass is 336 g/mol. The molecule has 0 aliphatic carbocycles. The summed E-state index contributed by atoms with van der Waals surface area (Å²) in [6, 6.07) is 26.4. The number of carbonyl (C=O) groups excluding carboxylic acids is 1. The third-order valence-corrected chi connectivity index (χ3v) is 3.84. The van der Waals surface area contributed by atoms with E-state index in [1.807, 2.05) is 84.9 Å².